The second-order valence-corrected chi connectivity index (χ2v) is 7.52. The molecule has 0 spiro atoms. The zero-order valence-electron chi connectivity index (χ0n) is 15.8. The largest absolute Gasteiger partial charge is 0.494 e. The molecule has 146 valence electrons. The lowest BCUT2D eigenvalue weighted by Gasteiger charge is -2.09. The number of fused-ring (bicyclic) bond motifs is 1. The summed E-state index contributed by atoms with van der Waals surface area (Å²) in [4.78, 5) is 4.79. The molecule has 0 radical (unpaired) electrons. The summed E-state index contributed by atoms with van der Waals surface area (Å²) in [6, 6.07) is 23.4. The minimum absolute atomic E-state index is 0.620. The van der Waals surface area contributed by atoms with Gasteiger partial charge in [0.15, 0.2) is 0 Å². The molecule has 1 aromatic heterocycles. The van der Waals surface area contributed by atoms with Gasteiger partial charge in [0.05, 0.1) is 17.6 Å². The Balaban J connectivity index is 1.48. The van der Waals surface area contributed by atoms with Gasteiger partial charge in [-0.05, 0) is 66.6 Å². The average Bonchev–Trinajstić information content (AvgIpc) is 3.10. The van der Waals surface area contributed by atoms with E-state index in [2.05, 4.69) is 16.7 Å². The van der Waals surface area contributed by atoms with E-state index in [-0.39, 0.29) is 0 Å². The van der Waals surface area contributed by atoms with Crippen LogP contribution in [0.25, 0.3) is 23.2 Å². The number of hydrogen-bond donors (Lipinski definition) is 0. The summed E-state index contributed by atoms with van der Waals surface area (Å²) >= 11 is 11.9. The first-order chi connectivity index (χ1) is 14.2. The quantitative estimate of drug-likeness (QED) is 0.300. The van der Waals surface area contributed by atoms with E-state index >= 15 is 0 Å². The predicted molar refractivity (Wildman–Crippen MR) is 122 cm³/mol. The summed E-state index contributed by atoms with van der Waals surface area (Å²) in [5.41, 5.74) is 3.19. The molecule has 0 amide bonds. The van der Waals surface area contributed by atoms with Crippen LogP contribution in [0.3, 0.4) is 0 Å². The fraction of sp³-hybridized carbons (Fsp3) is 0.125. The van der Waals surface area contributed by atoms with E-state index in [9.17, 15) is 0 Å². The van der Waals surface area contributed by atoms with Crippen LogP contribution in [0, 0.1) is 0 Å². The Morgan fingerprint density at radius 3 is 2.28 bits per heavy atom. The Hall–Kier alpha value is -2.75. The molecule has 0 aliphatic carbocycles. The lowest BCUT2D eigenvalue weighted by Crippen LogP contribution is -2.06. The highest BCUT2D eigenvalue weighted by Gasteiger charge is 2.08. The van der Waals surface area contributed by atoms with Crippen molar-refractivity contribution in [1.82, 2.24) is 9.55 Å². The monoisotopic (exact) mass is 422 g/mol. The summed E-state index contributed by atoms with van der Waals surface area (Å²) in [7, 11) is 0. The predicted octanol–water partition coefficient (Wildman–Crippen LogP) is 6.98. The van der Waals surface area contributed by atoms with Gasteiger partial charge in [-0.15, -0.1) is 0 Å². The lowest BCUT2D eigenvalue weighted by molar-refractivity contribution is 0.302. The number of para-hydroxylation sites is 2. The summed E-state index contributed by atoms with van der Waals surface area (Å²) < 4.78 is 8.06. The normalized spacial score (nSPS) is 11.4. The molecular formula is C24H20Cl2N2O. The number of ether oxygens (including phenoxy) is 1. The Morgan fingerprint density at radius 1 is 0.828 bits per heavy atom. The van der Waals surface area contributed by atoms with Crippen LogP contribution in [0.4, 0.5) is 0 Å². The number of rotatable bonds is 7. The van der Waals surface area contributed by atoms with Crippen LogP contribution >= 0.6 is 23.2 Å². The van der Waals surface area contributed by atoms with E-state index in [1.165, 1.54) is 0 Å². The van der Waals surface area contributed by atoms with Gasteiger partial charge in [0.2, 0.25) is 0 Å². The number of hydrogen-bond acceptors (Lipinski definition) is 2. The van der Waals surface area contributed by atoms with Gasteiger partial charge < -0.3 is 9.30 Å². The number of benzene rings is 3. The second kappa shape index (κ2) is 9.17. The van der Waals surface area contributed by atoms with Crippen LogP contribution in [-0.4, -0.2) is 16.2 Å². The van der Waals surface area contributed by atoms with Crippen molar-refractivity contribution in [3.05, 3.63) is 94.2 Å². The molecule has 29 heavy (non-hydrogen) atoms. The van der Waals surface area contributed by atoms with Gasteiger partial charge in [-0.1, -0.05) is 53.5 Å². The maximum atomic E-state index is 5.97. The maximum Gasteiger partial charge on any atom is 0.133 e. The first-order valence-electron chi connectivity index (χ1n) is 9.46. The van der Waals surface area contributed by atoms with Gasteiger partial charge in [0.1, 0.15) is 11.6 Å². The fourth-order valence-electron chi connectivity index (χ4n) is 3.14. The molecule has 5 heteroatoms. The van der Waals surface area contributed by atoms with Gasteiger partial charge in [-0.3, -0.25) is 0 Å². The van der Waals surface area contributed by atoms with Gasteiger partial charge in [-0.2, -0.15) is 0 Å². The zero-order valence-corrected chi connectivity index (χ0v) is 17.3. The van der Waals surface area contributed by atoms with Gasteiger partial charge >= 0.3 is 0 Å². The summed E-state index contributed by atoms with van der Waals surface area (Å²) in [5.74, 6) is 1.75. The van der Waals surface area contributed by atoms with Crippen LogP contribution in [0.15, 0.2) is 72.8 Å². The Bertz CT molecular complexity index is 1120. The molecule has 0 fully saturated rings. The molecular weight excluding hydrogens is 403 g/mol. The Morgan fingerprint density at radius 2 is 1.52 bits per heavy atom. The van der Waals surface area contributed by atoms with Crippen molar-refractivity contribution >= 4 is 46.4 Å². The highest BCUT2D eigenvalue weighted by Crippen LogP contribution is 2.20. The number of aromatic nitrogens is 2. The summed E-state index contributed by atoms with van der Waals surface area (Å²) in [6.45, 7) is 1.43. The lowest BCUT2D eigenvalue weighted by atomic mass is 10.2. The maximum absolute atomic E-state index is 5.97. The van der Waals surface area contributed by atoms with E-state index in [0.717, 1.165) is 46.2 Å². The zero-order chi connectivity index (χ0) is 20.1. The third-order valence-corrected chi connectivity index (χ3v) is 5.09. The molecule has 0 N–H and O–H groups in total. The Labute approximate surface area is 180 Å². The van der Waals surface area contributed by atoms with E-state index < -0.39 is 0 Å². The standard InChI is InChI=1S/C24H20Cl2N2O/c25-19-9-6-18(7-10-19)8-15-24-27-22-4-1-2-5-23(22)28(24)16-3-17-29-21-13-11-20(26)12-14-21/h1-2,4-15H,3,16-17H2. The molecule has 0 aliphatic rings. The van der Waals surface area contributed by atoms with Crippen LogP contribution in [0.2, 0.25) is 10.0 Å². The van der Waals surface area contributed by atoms with E-state index in [0.29, 0.717) is 11.6 Å². The van der Waals surface area contributed by atoms with Crippen molar-refractivity contribution in [2.75, 3.05) is 6.61 Å². The number of halogens is 2. The number of nitrogens with zero attached hydrogens (tertiary/aromatic N) is 2. The molecule has 1 heterocycles. The fourth-order valence-corrected chi connectivity index (χ4v) is 3.40. The van der Waals surface area contributed by atoms with Crippen LogP contribution in [0.1, 0.15) is 17.8 Å². The third-order valence-electron chi connectivity index (χ3n) is 4.59. The van der Waals surface area contributed by atoms with Crippen molar-refractivity contribution in [1.29, 1.82) is 0 Å². The SMILES string of the molecule is Clc1ccc(C=Cc2nc3ccccc3n2CCCOc2ccc(Cl)cc2)cc1. The van der Waals surface area contributed by atoms with E-state index in [1.807, 2.05) is 72.8 Å². The molecule has 0 atom stereocenters. The number of imidazole rings is 1. The molecule has 0 aliphatic heterocycles. The topological polar surface area (TPSA) is 27.1 Å². The van der Waals surface area contributed by atoms with Crippen molar-refractivity contribution in [3.63, 3.8) is 0 Å². The second-order valence-electron chi connectivity index (χ2n) is 6.65. The summed E-state index contributed by atoms with van der Waals surface area (Å²) in [5, 5.41) is 1.44. The molecule has 0 saturated heterocycles. The van der Waals surface area contributed by atoms with Crippen LogP contribution < -0.4 is 4.74 Å². The van der Waals surface area contributed by atoms with Gasteiger partial charge in [-0.25, -0.2) is 4.98 Å². The van der Waals surface area contributed by atoms with E-state index in [1.54, 1.807) is 0 Å². The minimum Gasteiger partial charge on any atom is -0.494 e. The van der Waals surface area contributed by atoms with Gasteiger partial charge in [0.25, 0.3) is 0 Å². The number of aryl methyl sites for hydroxylation is 1. The summed E-state index contributed by atoms with van der Waals surface area (Å²) in [6.07, 6.45) is 4.96. The van der Waals surface area contributed by atoms with Crippen molar-refractivity contribution in [3.8, 4) is 5.75 Å². The first-order valence-corrected chi connectivity index (χ1v) is 10.2. The molecule has 0 bridgehead atoms. The first kappa shape index (κ1) is 19.6. The third kappa shape index (κ3) is 5.00. The highest BCUT2D eigenvalue weighted by molar-refractivity contribution is 6.30. The van der Waals surface area contributed by atoms with Crippen LogP contribution in [-0.2, 0) is 6.54 Å². The van der Waals surface area contributed by atoms with Crippen molar-refractivity contribution in [2.45, 2.75) is 13.0 Å². The molecule has 4 rings (SSSR count). The highest BCUT2D eigenvalue weighted by atomic mass is 35.5. The van der Waals surface area contributed by atoms with Crippen LogP contribution in [0.5, 0.6) is 5.75 Å². The Kier molecular flexibility index (Phi) is 6.18. The molecule has 4 aromatic rings. The smallest absolute Gasteiger partial charge is 0.133 e. The molecule has 3 nitrogen and oxygen atoms in total. The molecule has 0 unspecified atom stereocenters. The molecule has 0 saturated carbocycles. The average molecular weight is 423 g/mol. The van der Waals surface area contributed by atoms with Crippen molar-refractivity contribution < 1.29 is 4.74 Å². The van der Waals surface area contributed by atoms with E-state index in [4.69, 9.17) is 32.9 Å². The minimum atomic E-state index is 0.620. The molecule has 3 aromatic carbocycles. The van der Waals surface area contributed by atoms with Gasteiger partial charge in [0, 0.05) is 16.6 Å². The van der Waals surface area contributed by atoms with Crippen molar-refractivity contribution in [2.24, 2.45) is 0 Å².